The fourth-order valence-electron chi connectivity index (χ4n) is 6.43. The highest BCUT2D eigenvalue weighted by Crippen LogP contribution is 2.60. The smallest absolute Gasteiger partial charge is 0.175 e. The van der Waals surface area contributed by atoms with Gasteiger partial charge in [-0.15, -0.1) is 0 Å². The summed E-state index contributed by atoms with van der Waals surface area (Å²) in [5.74, 6) is 0.983. The molecule has 0 aliphatic heterocycles. The quantitative estimate of drug-likeness (QED) is 0.232. The number of pyridine rings is 1. The van der Waals surface area contributed by atoms with Crippen molar-refractivity contribution in [3.8, 4) is 0 Å². The van der Waals surface area contributed by atoms with Crippen molar-refractivity contribution in [1.29, 1.82) is 0 Å². The lowest BCUT2D eigenvalue weighted by molar-refractivity contribution is -0.161. The van der Waals surface area contributed by atoms with Crippen LogP contribution in [0, 0.1) is 22.7 Å². The monoisotopic (exact) mass is 455 g/mol. The lowest BCUT2D eigenvalue weighted by Crippen LogP contribution is -2.57. The number of allylic oxidation sites excluding steroid dienone is 4. The topological polar surface area (TPSA) is 67.3 Å². The summed E-state index contributed by atoms with van der Waals surface area (Å²) < 4.78 is 0. The predicted molar refractivity (Wildman–Crippen MR) is 130 cm³/mol. The molecule has 0 aromatic carbocycles. The van der Waals surface area contributed by atoms with Gasteiger partial charge in [-0.2, -0.15) is 0 Å². The fraction of sp³-hybridized carbons (Fsp3) is 0.593. The molecule has 2 aliphatic carbocycles. The molecule has 174 valence electrons. The number of fused-ring (bicyclic) bond motifs is 1. The molecule has 0 spiro atoms. The van der Waals surface area contributed by atoms with Gasteiger partial charge in [0.1, 0.15) is 11.9 Å². The van der Waals surface area contributed by atoms with Crippen molar-refractivity contribution in [2.45, 2.75) is 76.8 Å². The summed E-state index contributed by atoms with van der Waals surface area (Å²) >= 11 is 1.40. The van der Waals surface area contributed by atoms with Crippen LogP contribution in [0.3, 0.4) is 0 Å². The molecule has 0 saturated heterocycles. The maximum Gasteiger partial charge on any atom is 0.175 e. The Hall–Kier alpha value is -1.72. The summed E-state index contributed by atoms with van der Waals surface area (Å²) in [7, 11) is 0. The molecule has 0 bridgehead atoms. The van der Waals surface area contributed by atoms with E-state index in [1.807, 2.05) is 25.1 Å². The SMILES string of the molecule is C/C=C1/CCC2CC(C)([C@](O)(CC)C(=O)CSc3ccccn3)CCC2C1(C)/C=C\C=O. The van der Waals surface area contributed by atoms with Crippen molar-refractivity contribution in [3.63, 3.8) is 0 Å². The van der Waals surface area contributed by atoms with Gasteiger partial charge in [0.15, 0.2) is 5.78 Å². The van der Waals surface area contributed by atoms with E-state index in [0.717, 1.165) is 43.4 Å². The number of nitrogens with zero attached hydrogens (tertiary/aromatic N) is 1. The number of aromatic nitrogens is 1. The largest absolute Gasteiger partial charge is 0.381 e. The molecule has 1 heterocycles. The third-order valence-electron chi connectivity index (χ3n) is 8.37. The van der Waals surface area contributed by atoms with Crippen LogP contribution in [0.5, 0.6) is 0 Å². The molecule has 5 heteroatoms. The Morgan fingerprint density at radius 3 is 2.75 bits per heavy atom. The first-order valence-electron chi connectivity index (χ1n) is 11.8. The summed E-state index contributed by atoms with van der Waals surface area (Å²) in [6.45, 7) is 8.38. The molecule has 5 atom stereocenters. The number of ketones is 1. The van der Waals surface area contributed by atoms with E-state index in [1.165, 1.54) is 17.3 Å². The number of carbonyl (C=O) groups is 2. The predicted octanol–water partition coefficient (Wildman–Crippen LogP) is 5.81. The van der Waals surface area contributed by atoms with Gasteiger partial charge >= 0.3 is 0 Å². The second kappa shape index (κ2) is 10.0. The molecule has 4 nitrogen and oxygen atoms in total. The molecule has 2 saturated carbocycles. The van der Waals surface area contributed by atoms with Gasteiger partial charge in [0.25, 0.3) is 0 Å². The van der Waals surface area contributed by atoms with Crippen LogP contribution in [0.4, 0.5) is 0 Å². The van der Waals surface area contributed by atoms with Crippen molar-refractivity contribution in [2.24, 2.45) is 22.7 Å². The van der Waals surface area contributed by atoms with Crippen LogP contribution in [0.15, 0.2) is 53.2 Å². The normalized spacial score (nSPS) is 33.6. The van der Waals surface area contributed by atoms with Crippen LogP contribution in [-0.4, -0.2) is 33.5 Å². The number of Topliss-reactive ketones (excluding diaryl/α,β-unsaturated/α-hetero) is 1. The van der Waals surface area contributed by atoms with Gasteiger partial charge in [-0.3, -0.25) is 9.59 Å². The second-order valence-electron chi connectivity index (χ2n) is 9.89. The molecular weight excluding hydrogens is 418 g/mol. The number of rotatable bonds is 8. The summed E-state index contributed by atoms with van der Waals surface area (Å²) in [6.07, 6.45) is 13.6. The van der Waals surface area contributed by atoms with E-state index in [9.17, 15) is 14.7 Å². The Morgan fingerprint density at radius 1 is 1.34 bits per heavy atom. The highest BCUT2D eigenvalue weighted by molar-refractivity contribution is 7.99. The van der Waals surface area contributed by atoms with E-state index in [2.05, 4.69) is 37.9 Å². The van der Waals surface area contributed by atoms with Gasteiger partial charge in [-0.25, -0.2) is 4.98 Å². The van der Waals surface area contributed by atoms with Gasteiger partial charge < -0.3 is 5.11 Å². The summed E-state index contributed by atoms with van der Waals surface area (Å²) in [4.78, 5) is 28.7. The molecule has 0 radical (unpaired) electrons. The molecule has 1 N–H and O–H groups in total. The van der Waals surface area contributed by atoms with Crippen molar-refractivity contribution in [2.75, 3.05) is 5.75 Å². The number of hydrogen-bond acceptors (Lipinski definition) is 5. The third kappa shape index (κ3) is 4.51. The summed E-state index contributed by atoms with van der Waals surface area (Å²) in [5.41, 5.74) is -0.527. The number of thioether (sulfide) groups is 1. The maximum absolute atomic E-state index is 13.3. The summed E-state index contributed by atoms with van der Waals surface area (Å²) in [6, 6.07) is 5.66. The van der Waals surface area contributed by atoms with Crippen molar-refractivity contribution in [3.05, 3.63) is 48.2 Å². The van der Waals surface area contributed by atoms with Gasteiger partial charge in [0.05, 0.1) is 10.8 Å². The molecule has 2 fully saturated rings. The lowest BCUT2D eigenvalue weighted by atomic mass is 9.49. The Morgan fingerprint density at radius 2 is 2.12 bits per heavy atom. The number of aldehydes is 1. The Kier molecular flexibility index (Phi) is 7.82. The minimum absolute atomic E-state index is 0.0924. The van der Waals surface area contributed by atoms with Crippen LogP contribution in [-0.2, 0) is 9.59 Å². The number of carbonyl (C=O) groups excluding carboxylic acids is 2. The first kappa shape index (κ1) is 24.9. The molecule has 4 unspecified atom stereocenters. The van der Waals surface area contributed by atoms with E-state index < -0.39 is 11.0 Å². The highest BCUT2D eigenvalue weighted by atomic mass is 32.2. The first-order chi connectivity index (χ1) is 15.2. The van der Waals surface area contributed by atoms with Crippen LogP contribution >= 0.6 is 11.8 Å². The van der Waals surface area contributed by atoms with E-state index in [0.29, 0.717) is 18.3 Å². The fourth-order valence-corrected chi connectivity index (χ4v) is 7.25. The standard InChI is InChI=1S/C27H37NO3S/c1-5-21-12-11-20-18-25(3,15-13-22(20)26(21,4)14-9-17-29)27(31,6-2)23(30)19-32-24-10-7-8-16-28-24/h5,7-10,14,16-17,20,22,31H,6,11-13,15,18-19H2,1-4H3/b14-9-,21-5-/t20?,22?,25?,26?,27-/m0/s1. The van der Waals surface area contributed by atoms with E-state index in [-0.39, 0.29) is 17.0 Å². The molecule has 32 heavy (non-hydrogen) atoms. The van der Waals surface area contributed by atoms with Crippen LogP contribution in [0.25, 0.3) is 0 Å². The van der Waals surface area contributed by atoms with E-state index in [4.69, 9.17) is 0 Å². The van der Waals surface area contributed by atoms with Gasteiger partial charge in [0.2, 0.25) is 0 Å². The Bertz CT molecular complexity index is 882. The maximum atomic E-state index is 13.3. The third-order valence-corrected chi connectivity index (χ3v) is 9.31. The average molecular weight is 456 g/mol. The van der Waals surface area contributed by atoms with E-state index in [1.54, 1.807) is 12.3 Å². The lowest BCUT2D eigenvalue weighted by Gasteiger charge is -2.56. The van der Waals surface area contributed by atoms with Gasteiger partial charge in [-0.05, 0) is 75.5 Å². The van der Waals surface area contributed by atoms with Crippen LogP contribution in [0.1, 0.15) is 66.2 Å². The molecular formula is C27H37NO3S. The van der Waals surface area contributed by atoms with Crippen molar-refractivity contribution in [1.82, 2.24) is 4.98 Å². The van der Waals surface area contributed by atoms with Crippen molar-refractivity contribution < 1.29 is 14.7 Å². The zero-order valence-electron chi connectivity index (χ0n) is 19.8. The minimum Gasteiger partial charge on any atom is -0.381 e. The molecule has 1 aromatic rings. The average Bonchev–Trinajstić information content (AvgIpc) is 2.81. The summed E-state index contributed by atoms with van der Waals surface area (Å²) in [5, 5.41) is 12.6. The van der Waals surface area contributed by atoms with Gasteiger partial charge in [-0.1, -0.05) is 56.3 Å². The Labute approximate surface area is 197 Å². The second-order valence-corrected chi connectivity index (χ2v) is 10.9. The van der Waals surface area contributed by atoms with Crippen LogP contribution < -0.4 is 0 Å². The minimum atomic E-state index is -1.34. The zero-order valence-corrected chi connectivity index (χ0v) is 20.7. The molecule has 3 rings (SSSR count). The molecule has 2 aliphatic rings. The zero-order chi connectivity index (χ0) is 23.4. The molecule has 1 aromatic heterocycles. The molecule has 0 amide bonds. The first-order valence-corrected chi connectivity index (χ1v) is 12.8. The number of hydrogen-bond donors (Lipinski definition) is 1. The number of aliphatic hydroxyl groups is 1. The van der Waals surface area contributed by atoms with E-state index >= 15 is 0 Å². The Balaban J connectivity index is 1.80. The van der Waals surface area contributed by atoms with Crippen molar-refractivity contribution >= 4 is 23.8 Å². The van der Waals surface area contributed by atoms with Crippen LogP contribution in [0.2, 0.25) is 0 Å². The van der Waals surface area contributed by atoms with Gasteiger partial charge in [0, 0.05) is 17.0 Å². The highest BCUT2D eigenvalue weighted by Gasteiger charge is 2.56.